The Kier molecular flexibility index (Phi) is 4.26. The van der Waals surface area contributed by atoms with E-state index < -0.39 is 0 Å². The highest BCUT2D eigenvalue weighted by Crippen LogP contribution is 2.26. The minimum atomic E-state index is 0.562. The summed E-state index contributed by atoms with van der Waals surface area (Å²) in [6.45, 7) is 3.68. The van der Waals surface area contributed by atoms with Gasteiger partial charge in [0.05, 0.1) is 18.6 Å². The molecular weight excluding hydrogens is 292 g/mol. The molecule has 1 fully saturated rings. The summed E-state index contributed by atoms with van der Waals surface area (Å²) in [5.74, 6) is 1.90. The molecule has 1 aromatic heterocycles. The van der Waals surface area contributed by atoms with Crippen LogP contribution in [0.15, 0.2) is 22.7 Å². The molecular formula is C14H17ClN4O2. The number of nitrogens with one attached hydrogen (secondary N) is 1. The second-order valence-electron chi connectivity index (χ2n) is 4.87. The average molecular weight is 309 g/mol. The zero-order valence-corrected chi connectivity index (χ0v) is 12.6. The van der Waals surface area contributed by atoms with Gasteiger partial charge >= 0.3 is 0 Å². The first-order valence-corrected chi connectivity index (χ1v) is 7.25. The lowest BCUT2D eigenvalue weighted by Crippen LogP contribution is -2.44. The number of ether oxygens (including phenoxy) is 1. The van der Waals surface area contributed by atoms with Crippen molar-refractivity contribution in [2.45, 2.75) is 6.42 Å². The van der Waals surface area contributed by atoms with E-state index >= 15 is 0 Å². The number of piperazine rings is 1. The van der Waals surface area contributed by atoms with E-state index in [1.807, 2.05) is 18.2 Å². The second-order valence-corrected chi connectivity index (χ2v) is 5.28. The standard InChI is InChI=1S/C14H17ClN4O2/c1-20-12-8-10(2-3-11(12)15)9-13-17-14(18-21-13)19-6-4-16-5-7-19/h2-3,8,16H,4-7,9H2,1H3. The molecule has 6 nitrogen and oxygen atoms in total. The molecule has 0 bridgehead atoms. The lowest BCUT2D eigenvalue weighted by atomic mass is 10.1. The van der Waals surface area contributed by atoms with Gasteiger partial charge in [0.2, 0.25) is 5.89 Å². The molecule has 0 atom stereocenters. The molecule has 0 amide bonds. The topological polar surface area (TPSA) is 63.4 Å². The van der Waals surface area contributed by atoms with E-state index in [9.17, 15) is 0 Å². The van der Waals surface area contributed by atoms with Gasteiger partial charge in [-0.15, -0.1) is 0 Å². The third kappa shape index (κ3) is 3.28. The molecule has 112 valence electrons. The van der Waals surface area contributed by atoms with Crippen molar-refractivity contribution in [2.75, 3.05) is 38.2 Å². The summed E-state index contributed by atoms with van der Waals surface area (Å²) in [4.78, 5) is 6.57. The molecule has 0 saturated carbocycles. The van der Waals surface area contributed by atoms with Crippen molar-refractivity contribution in [3.8, 4) is 5.75 Å². The SMILES string of the molecule is COc1cc(Cc2nc(N3CCNCC3)no2)ccc1Cl. The molecule has 0 unspecified atom stereocenters. The minimum Gasteiger partial charge on any atom is -0.495 e. The van der Waals surface area contributed by atoms with Gasteiger partial charge in [0.15, 0.2) is 0 Å². The van der Waals surface area contributed by atoms with Gasteiger partial charge in [-0.2, -0.15) is 4.98 Å². The predicted molar refractivity (Wildman–Crippen MR) is 80.2 cm³/mol. The van der Waals surface area contributed by atoms with Gasteiger partial charge in [-0.3, -0.25) is 0 Å². The van der Waals surface area contributed by atoms with Crippen molar-refractivity contribution >= 4 is 17.5 Å². The van der Waals surface area contributed by atoms with Gasteiger partial charge in [-0.1, -0.05) is 17.7 Å². The van der Waals surface area contributed by atoms with Crippen molar-refractivity contribution < 1.29 is 9.26 Å². The maximum atomic E-state index is 6.02. The van der Waals surface area contributed by atoms with E-state index in [0.29, 0.717) is 29.0 Å². The van der Waals surface area contributed by atoms with E-state index in [4.69, 9.17) is 20.9 Å². The van der Waals surface area contributed by atoms with Crippen molar-refractivity contribution in [3.05, 3.63) is 34.7 Å². The lowest BCUT2D eigenvalue weighted by Gasteiger charge is -2.25. The summed E-state index contributed by atoms with van der Waals surface area (Å²) in [5, 5.41) is 7.94. The van der Waals surface area contributed by atoms with Gasteiger partial charge in [-0.05, 0) is 22.9 Å². The third-order valence-corrected chi connectivity index (χ3v) is 3.74. The average Bonchev–Trinajstić information content (AvgIpc) is 2.98. The van der Waals surface area contributed by atoms with Crippen LogP contribution in [0.3, 0.4) is 0 Å². The molecule has 21 heavy (non-hydrogen) atoms. The maximum absolute atomic E-state index is 6.02. The molecule has 1 aliphatic rings. The van der Waals surface area contributed by atoms with Crippen molar-refractivity contribution in [1.82, 2.24) is 15.5 Å². The highest BCUT2D eigenvalue weighted by atomic mass is 35.5. The van der Waals surface area contributed by atoms with Crippen LogP contribution in [0.2, 0.25) is 5.02 Å². The van der Waals surface area contributed by atoms with Crippen LogP contribution in [-0.4, -0.2) is 43.4 Å². The summed E-state index contributed by atoms with van der Waals surface area (Å²) >= 11 is 6.02. The van der Waals surface area contributed by atoms with Crippen LogP contribution in [0, 0.1) is 0 Å². The molecule has 1 aromatic carbocycles. The number of aromatic nitrogens is 2. The Morgan fingerprint density at radius 2 is 2.19 bits per heavy atom. The Hall–Kier alpha value is -1.79. The van der Waals surface area contributed by atoms with Gasteiger partial charge in [-0.25, -0.2) is 0 Å². The summed E-state index contributed by atoms with van der Waals surface area (Å²) in [6.07, 6.45) is 0.562. The first-order valence-electron chi connectivity index (χ1n) is 6.87. The van der Waals surface area contributed by atoms with Crippen LogP contribution >= 0.6 is 11.6 Å². The highest BCUT2D eigenvalue weighted by molar-refractivity contribution is 6.32. The summed E-state index contributed by atoms with van der Waals surface area (Å²) in [6, 6.07) is 5.62. The van der Waals surface area contributed by atoms with Gasteiger partial charge in [0.25, 0.3) is 5.95 Å². The number of rotatable bonds is 4. The lowest BCUT2D eigenvalue weighted by molar-refractivity contribution is 0.382. The third-order valence-electron chi connectivity index (χ3n) is 3.43. The Morgan fingerprint density at radius 3 is 2.95 bits per heavy atom. The first-order chi connectivity index (χ1) is 10.3. The monoisotopic (exact) mass is 308 g/mol. The van der Waals surface area contributed by atoms with Crippen LogP contribution in [0.4, 0.5) is 5.95 Å². The van der Waals surface area contributed by atoms with E-state index in [-0.39, 0.29) is 0 Å². The number of hydrogen-bond donors (Lipinski definition) is 1. The molecule has 2 aromatic rings. The summed E-state index contributed by atoms with van der Waals surface area (Å²) in [5.41, 5.74) is 1.02. The fourth-order valence-corrected chi connectivity index (χ4v) is 2.49. The van der Waals surface area contributed by atoms with Gasteiger partial charge in [0, 0.05) is 26.2 Å². The maximum Gasteiger partial charge on any atom is 0.266 e. The molecule has 1 saturated heterocycles. The Balaban J connectivity index is 1.72. The van der Waals surface area contributed by atoms with Crippen LogP contribution in [-0.2, 0) is 6.42 Å². The highest BCUT2D eigenvalue weighted by Gasteiger charge is 2.16. The summed E-state index contributed by atoms with van der Waals surface area (Å²) < 4.78 is 10.5. The molecule has 0 spiro atoms. The molecule has 1 aliphatic heterocycles. The largest absolute Gasteiger partial charge is 0.495 e. The van der Waals surface area contributed by atoms with E-state index in [1.165, 1.54) is 0 Å². The fraction of sp³-hybridized carbons (Fsp3) is 0.429. The molecule has 0 radical (unpaired) electrons. The van der Waals surface area contributed by atoms with Crippen LogP contribution in [0.25, 0.3) is 0 Å². The van der Waals surface area contributed by atoms with Gasteiger partial charge < -0.3 is 19.5 Å². The second kappa shape index (κ2) is 6.32. The molecule has 3 rings (SSSR count). The Morgan fingerprint density at radius 1 is 1.38 bits per heavy atom. The van der Waals surface area contributed by atoms with E-state index in [2.05, 4.69) is 20.4 Å². The molecule has 2 heterocycles. The number of benzene rings is 1. The number of hydrogen-bond acceptors (Lipinski definition) is 6. The van der Waals surface area contributed by atoms with Crippen LogP contribution in [0.1, 0.15) is 11.5 Å². The molecule has 0 aliphatic carbocycles. The fourth-order valence-electron chi connectivity index (χ4n) is 2.30. The quantitative estimate of drug-likeness (QED) is 0.928. The van der Waals surface area contributed by atoms with Crippen molar-refractivity contribution in [2.24, 2.45) is 0 Å². The summed E-state index contributed by atoms with van der Waals surface area (Å²) in [7, 11) is 1.60. The Labute approximate surface area is 128 Å². The smallest absolute Gasteiger partial charge is 0.266 e. The number of nitrogens with zero attached hydrogens (tertiary/aromatic N) is 3. The van der Waals surface area contributed by atoms with Crippen LogP contribution < -0.4 is 15.0 Å². The minimum absolute atomic E-state index is 0.562. The normalized spacial score (nSPS) is 15.2. The first kappa shape index (κ1) is 14.2. The zero-order chi connectivity index (χ0) is 14.7. The Bertz CT molecular complexity index is 611. The van der Waals surface area contributed by atoms with Gasteiger partial charge in [0.1, 0.15) is 5.75 Å². The molecule has 1 N–H and O–H groups in total. The molecule has 7 heteroatoms. The van der Waals surface area contributed by atoms with Crippen molar-refractivity contribution in [1.29, 1.82) is 0 Å². The van der Waals surface area contributed by atoms with E-state index in [0.717, 1.165) is 31.7 Å². The zero-order valence-electron chi connectivity index (χ0n) is 11.8. The number of halogens is 1. The predicted octanol–water partition coefficient (Wildman–Crippen LogP) is 1.73. The number of anilines is 1. The van der Waals surface area contributed by atoms with Crippen molar-refractivity contribution in [3.63, 3.8) is 0 Å². The number of methoxy groups -OCH3 is 1. The van der Waals surface area contributed by atoms with E-state index in [1.54, 1.807) is 7.11 Å². The van der Waals surface area contributed by atoms with Crippen LogP contribution in [0.5, 0.6) is 5.75 Å².